The molecule has 2 heterocycles. The molecule has 0 aliphatic carbocycles. The highest BCUT2D eigenvalue weighted by Crippen LogP contribution is 2.40. The Labute approximate surface area is 182 Å². The number of hydrogen-bond donors (Lipinski definition) is 3. The van der Waals surface area contributed by atoms with E-state index in [-0.39, 0.29) is 30.3 Å². The summed E-state index contributed by atoms with van der Waals surface area (Å²) in [5, 5.41) is 7.55. The molecule has 6 nitrogen and oxygen atoms in total. The van der Waals surface area contributed by atoms with Crippen LogP contribution in [-0.2, 0) is 4.79 Å². The first-order valence-corrected chi connectivity index (χ1v) is 10.0. The topological polar surface area (TPSA) is 75.4 Å². The molecule has 7 heteroatoms. The van der Waals surface area contributed by atoms with Crippen molar-refractivity contribution in [2.24, 2.45) is 0 Å². The van der Waals surface area contributed by atoms with E-state index in [0.717, 1.165) is 41.4 Å². The maximum absolute atomic E-state index is 12.7. The molecule has 2 unspecified atom stereocenters. The second kappa shape index (κ2) is 9.87. The largest absolute Gasteiger partial charge is 0.493 e. The number of aromatic nitrogens is 1. The molecule has 1 aliphatic rings. The fraction of sp³-hybridized carbons (Fsp3) is 0.348. The van der Waals surface area contributed by atoms with Gasteiger partial charge in [0.1, 0.15) is 0 Å². The van der Waals surface area contributed by atoms with E-state index in [1.807, 2.05) is 36.5 Å². The molecule has 160 valence electrons. The van der Waals surface area contributed by atoms with E-state index in [0.29, 0.717) is 18.0 Å². The number of carbonyl (C=O) groups is 1. The zero-order valence-corrected chi connectivity index (χ0v) is 18.1. The number of amides is 1. The Bertz CT molecular complexity index is 998. The molecule has 0 saturated carbocycles. The molecule has 1 fully saturated rings. The lowest BCUT2D eigenvalue weighted by molar-refractivity contribution is -0.122. The zero-order valence-electron chi connectivity index (χ0n) is 17.2. The second-order valence-electron chi connectivity index (χ2n) is 7.32. The quantitative estimate of drug-likeness (QED) is 0.536. The molecule has 2 aromatic carbocycles. The number of fused-ring (bicyclic) bond motifs is 1. The van der Waals surface area contributed by atoms with Crippen LogP contribution in [0, 0.1) is 0 Å². The van der Waals surface area contributed by atoms with Crippen LogP contribution in [0.25, 0.3) is 10.9 Å². The molecule has 4 rings (SSSR count). The molecule has 1 saturated heterocycles. The molecule has 2 atom stereocenters. The summed E-state index contributed by atoms with van der Waals surface area (Å²) >= 11 is 0. The van der Waals surface area contributed by atoms with Gasteiger partial charge in [-0.25, -0.2) is 0 Å². The van der Waals surface area contributed by atoms with Crippen molar-refractivity contribution in [3.8, 4) is 11.5 Å². The van der Waals surface area contributed by atoms with Crippen LogP contribution < -0.4 is 20.1 Å². The first-order chi connectivity index (χ1) is 14.2. The minimum absolute atomic E-state index is 0. The fourth-order valence-electron chi connectivity index (χ4n) is 4.19. The number of rotatable bonds is 7. The standard InChI is InChI=1S/C23H27N3O3.ClH/c1-28-21-11-5-8-16(22(21)29-2)18(14-26-23(27)20-10-6-12-24-20)17-13-25-19-9-4-3-7-15(17)19;/h3-5,7-9,11,13,18,20,24-25H,6,10,12,14H2,1-2H3,(H,26,27);1H. The third-order valence-electron chi connectivity index (χ3n) is 5.66. The van der Waals surface area contributed by atoms with Crippen LogP contribution in [0.3, 0.4) is 0 Å². The first-order valence-electron chi connectivity index (χ1n) is 10.0. The Hall–Kier alpha value is -2.70. The number of H-pyrrole nitrogens is 1. The van der Waals surface area contributed by atoms with Gasteiger partial charge >= 0.3 is 0 Å². The summed E-state index contributed by atoms with van der Waals surface area (Å²) in [6.07, 6.45) is 3.94. The van der Waals surface area contributed by atoms with Crippen LogP contribution in [0.1, 0.15) is 29.9 Å². The SMILES string of the molecule is COc1cccc(C(CNC(=O)C2CCCN2)c2c[nH]c3ccccc23)c1OC.Cl. The van der Waals surface area contributed by atoms with Crippen LogP contribution in [0.2, 0.25) is 0 Å². The van der Waals surface area contributed by atoms with E-state index in [4.69, 9.17) is 9.47 Å². The molecule has 3 aromatic rings. The second-order valence-corrected chi connectivity index (χ2v) is 7.32. The Kier molecular flexibility index (Phi) is 7.24. The highest BCUT2D eigenvalue weighted by atomic mass is 35.5. The lowest BCUT2D eigenvalue weighted by Gasteiger charge is -2.22. The van der Waals surface area contributed by atoms with Crippen LogP contribution in [-0.4, -0.2) is 44.2 Å². The third kappa shape index (κ3) is 4.25. The minimum Gasteiger partial charge on any atom is -0.493 e. The van der Waals surface area contributed by atoms with Crippen molar-refractivity contribution in [3.63, 3.8) is 0 Å². The molecule has 1 amide bonds. The number of ether oxygens (including phenoxy) is 2. The summed E-state index contributed by atoms with van der Waals surface area (Å²) in [6, 6.07) is 14.0. The van der Waals surface area contributed by atoms with Crippen LogP contribution in [0.4, 0.5) is 0 Å². The Morgan fingerprint density at radius 1 is 1.13 bits per heavy atom. The van der Waals surface area contributed by atoms with Crippen molar-refractivity contribution in [1.29, 1.82) is 0 Å². The summed E-state index contributed by atoms with van der Waals surface area (Å²) in [5.74, 6) is 1.34. The molecular weight excluding hydrogens is 402 g/mol. The number of methoxy groups -OCH3 is 2. The first kappa shape index (κ1) is 22.0. The Morgan fingerprint density at radius 2 is 1.97 bits per heavy atom. The van der Waals surface area contributed by atoms with Crippen LogP contribution in [0.15, 0.2) is 48.7 Å². The smallest absolute Gasteiger partial charge is 0.237 e. The molecule has 0 radical (unpaired) electrons. The summed E-state index contributed by atoms with van der Waals surface area (Å²) in [4.78, 5) is 16.0. The summed E-state index contributed by atoms with van der Waals surface area (Å²) in [7, 11) is 3.28. The maximum Gasteiger partial charge on any atom is 0.237 e. The fourth-order valence-corrected chi connectivity index (χ4v) is 4.19. The number of aromatic amines is 1. The average molecular weight is 430 g/mol. The summed E-state index contributed by atoms with van der Waals surface area (Å²) in [5.41, 5.74) is 3.17. The van der Waals surface area contributed by atoms with E-state index >= 15 is 0 Å². The van der Waals surface area contributed by atoms with Gasteiger partial charge in [0.05, 0.1) is 20.3 Å². The van der Waals surface area contributed by atoms with Gasteiger partial charge in [0.2, 0.25) is 5.91 Å². The highest BCUT2D eigenvalue weighted by Gasteiger charge is 2.27. The van der Waals surface area contributed by atoms with E-state index in [2.05, 4.69) is 27.8 Å². The van der Waals surface area contributed by atoms with Gasteiger partial charge in [-0.2, -0.15) is 0 Å². The third-order valence-corrected chi connectivity index (χ3v) is 5.66. The molecule has 0 bridgehead atoms. The van der Waals surface area contributed by atoms with Gasteiger partial charge in [0.15, 0.2) is 11.5 Å². The minimum atomic E-state index is -0.106. The zero-order chi connectivity index (χ0) is 20.2. The average Bonchev–Trinajstić information content (AvgIpc) is 3.44. The van der Waals surface area contributed by atoms with Gasteiger partial charge in [-0.15, -0.1) is 12.4 Å². The lowest BCUT2D eigenvalue weighted by atomic mass is 9.89. The van der Waals surface area contributed by atoms with Crippen LogP contribution >= 0.6 is 12.4 Å². The summed E-state index contributed by atoms with van der Waals surface area (Å²) < 4.78 is 11.2. The van der Waals surface area contributed by atoms with Gasteiger partial charge in [-0.3, -0.25) is 4.79 Å². The summed E-state index contributed by atoms with van der Waals surface area (Å²) in [6.45, 7) is 1.37. The molecule has 30 heavy (non-hydrogen) atoms. The van der Waals surface area contributed by atoms with Gasteiger partial charge in [0.25, 0.3) is 0 Å². The molecule has 1 aromatic heterocycles. The number of carbonyl (C=O) groups excluding carboxylic acids is 1. The normalized spacial score (nSPS) is 16.7. The van der Waals surface area contributed by atoms with Gasteiger partial charge in [0, 0.05) is 35.1 Å². The van der Waals surface area contributed by atoms with Gasteiger partial charge < -0.3 is 25.1 Å². The number of benzene rings is 2. The lowest BCUT2D eigenvalue weighted by Crippen LogP contribution is -2.42. The highest BCUT2D eigenvalue weighted by molar-refractivity contribution is 5.86. The Balaban J connectivity index is 0.00000256. The van der Waals surface area contributed by atoms with E-state index < -0.39 is 0 Å². The van der Waals surface area contributed by atoms with E-state index in [1.165, 1.54) is 0 Å². The van der Waals surface area contributed by atoms with Gasteiger partial charge in [-0.05, 0) is 37.1 Å². The Morgan fingerprint density at radius 3 is 2.70 bits per heavy atom. The number of hydrogen-bond acceptors (Lipinski definition) is 4. The monoisotopic (exact) mass is 429 g/mol. The van der Waals surface area contributed by atoms with Crippen molar-refractivity contribution in [2.75, 3.05) is 27.3 Å². The van der Waals surface area contributed by atoms with Crippen molar-refractivity contribution < 1.29 is 14.3 Å². The predicted octanol–water partition coefficient (Wildman–Crippen LogP) is 3.61. The number of nitrogens with one attached hydrogen (secondary N) is 3. The van der Waals surface area contributed by atoms with Crippen molar-refractivity contribution in [3.05, 3.63) is 59.8 Å². The number of para-hydroxylation sites is 2. The molecule has 3 N–H and O–H groups in total. The van der Waals surface area contributed by atoms with Crippen molar-refractivity contribution in [1.82, 2.24) is 15.6 Å². The van der Waals surface area contributed by atoms with E-state index in [9.17, 15) is 4.79 Å². The molecule has 0 spiro atoms. The molecule has 1 aliphatic heterocycles. The van der Waals surface area contributed by atoms with Gasteiger partial charge in [-0.1, -0.05) is 30.3 Å². The predicted molar refractivity (Wildman–Crippen MR) is 121 cm³/mol. The maximum atomic E-state index is 12.7. The van der Waals surface area contributed by atoms with Crippen molar-refractivity contribution >= 4 is 29.2 Å². The van der Waals surface area contributed by atoms with Crippen molar-refractivity contribution in [2.45, 2.75) is 24.8 Å². The number of halogens is 1. The molecular formula is C23H28ClN3O3. The van der Waals surface area contributed by atoms with E-state index in [1.54, 1.807) is 14.2 Å². The van der Waals surface area contributed by atoms with Crippen LogP contribution in [0.5, 0.6) is 11.5 Å².